The minimum atomic E-state index is -0.0912. The van der Waals surface area contributed by atoms with Crippen molar-refractivity contribution in [2.24, 2.45) is 5.41 Å². The molecule has 0 aliphatic carbocycles. The molecule has 128 valence electrons. The molecule has 1 aliphatic heterocycles. The summed E-state index contributed by atoms with van der Waals surface area (Å²) in [7, 11) is 0. The molecule has 0 radical (unpaired) electrons. The van der Waals surface area contributed by atoms with E-state index in [0.717, 1.165) is 24.9 Å². The predicted molar refractivity (Wildman–Crippen MR) is 92.2 cm³/mol. The highest BCUT2D eigenvalue weighted by atomic mass is 16.5. The Morgan fingerprint density at radius 2 is 2.00 bits per heavy atom. The maximum absolute atomic E-state index is 12.6. The molecule has 1 aromatic heterocycles. The fraction of sp³-hybridized carbons (Fsp3) is 0.526. The fourth-order valence-electron chi connectivity index (χ4n) is 3.07. The molecule has 0 unspecified atom stereocenters. The molecule has 5 nitrogen and oxygen atoms in total. The average Bonchev–Trinajstić information content (AvgIpc) is 3.15. The van der Waals surface area contributed by atoms with Gasteiger partial charge in [-0.2, -0.15) is 4.98 Å². The van der Waals surface area contributed by atoms with Crippen LogP contribution >= 0.6 is 0 Å². The van der Waals surface area contributed by atoms with Gasteiger partial charge in [-0.1, -0.05) is 55.8 Å². The first-order valence-electron chi connectivity index (χ1n) is 8.54. The zero-order chi connectivity index (χ0) is 17.3. The molecule has 5 heteroatoms. The highest BCUT2D eigenvalue weighted by Crippen LogP contribution is 2.34. The van der Waals surface area contributed by atoms with Gasteiger partial charge in [0.15, 0.2) is 0 Å². The lowest BCUT2D eigenvalue weighted by Gasteiger charge is -2.26. The first kappa shape index (κ1) is 16.7. The number of hydrogen-bond acceptors (Lipinski definition) is 4. The molecule has 1 saturated heterocycles. The van der Waals surface area contributed by atoms with E-state index in [4.69, 9.17) is 4.52 Å². The highest BCUT2D eigenvalue weighted by molar-refractivity contribution is 5.77. The molecule has 1 fully saturated rings. The molecule has 1 aliphatic rings. The lowest BCUT2D eigenvalue weighted by atomic mass is 9.91. The maximum Gasteiger partial charge on any atom is 0.249 e. The SMILES string of the molecule is Cc1ccc(-c2noc([C@H]3CCCN3C(=O)CC(C)(C)C)n2)cc1. The second-order valence-electron chi connectivity index (χ2n) is 7.80. The van der Waals surface area contributed by atoms with Gasteiger partial charge in [0, 0.05) is 18.5 Å². The van der Waals surface area contributed by atoms with Crippen molar-refractivity contribution < 1.29 is 9.32 Å². The summed E-state index contributed by atoms with van der Waals surface area (Å²) in [6, 6.07) is 7.94. The Balaban J connectivity index is 1.78. The Labute approximate surface area is 143 Å². The number of carbonyl (C=O) groups excluding carboxylic acids is 1. The van der Waals surface area contributed by atoms with Crippen molar-refractivity contribution in [3.63, 3.8) is 0 Å². The van der Waals surface area contributed by atoms with Gasteiger partial charge in [0.05, 0.1) is 0 Å². The van der Waals surface area contributed by atoms with Crippen molar-refractivity contribution in [3.8, 4) is 11.4 Å². The number of amides is 1. The molecule has 1 atom stereocenters. The summed E-state index contributed by atoms with van der Waals surface area (Å²) >= 11 is 0. The Bertz CT molecular complexity index is 713. The van der Waals surface area contributed by atoms with E-state index in [1.807, 2.05) is 36.1 Å². The summed E-state index contributed by atoms with van der Waals surface area (Å²) in [5.41, 5.74) is 2.10. The van der Waals surface area contributed by atoms with Crippen LogP contribution in [0.4, 0.5) is 0 Å². The summed E-state index contributed by atoms with van der Waals surface area (Å²) < 4.78 is 5.49. The van der Waals surface area contributed by atoms with Crippen molar-refractivity contribution in [2.45, 2.75) is 53.0 Å². The van der Waals surface area contributed by atoms with Gasteiger partial charge in [-0.05, 0) is 25.2 Å². The number of hydrogen-bond donors (Lipinski definition) is 0. The van der Waals surface area contributed by atoms with E-state index < -0.39 is 0 Å². The van der Waals surface area contributed by atoms with Crippen molar-refractivity contribution in [1.82, 2.24) is 15.0 Å². The molecule has 1 aromatic carbocycles. The van der Waals surface area contributed by atoms with Crippen LogP contribution in [-0.2, 0) is 4.79 Å². The van der Waals surface area contributed by atoms with Gasteiger partial charge in [-0.25, -0.2) is 0 Å². The number of likely N-dealkylation sites (tertiary alicyclic amines) is 1. The van der Waals surface area contributed by atoms with E-state index >= 15 is 0 Å². The Morgan fingerprint density at radius 1 is 1.29 bits per heavy atom. The van der Waals surface area contributed by atoms with Crippen LogP contribution in [0.5, 0.6) is 0 Å². The molecule has 0 saturated carbocycles. The quantitative estimate of drug-likeness (QED) is 0.850. The summed E-state index contributed by atoms with van der Waals surface area (Å²) in [5, 5.41) is 4.10. The molecular formula is C19H25N3O2. The van der Waals surface area contributed by atoms with Crippen molar-refractivity contribution in [2.75, 3.05) is 6.54 Å². The Kier molecular flexibility index (Phi) is 4.43. The lowest BCUT2D eigenvalue weighted by molar-refractivity contribution is -0.134. The first-order chi connectivity index (χ1) is 11.3. The van der Waals surface area contributed by atoms with Gasteiger partial charge < -0.3 is 9.42 Å². The largest absolute Gasteiger partial charge is 0.337 e. The van der Waals surface area contributed by atoms with E-state index in [1.54, 1.807) is 0 Å². The van der Waals surface area contributed by atoms with E-state index in [1.165, 1.54) is 5.56 Å². The van der Waals surface area contributed by atoms with Crippen LogP contribution < -0.4 is 0 Å². The molecule has 0 N–H and O–H groups in total. The second kappa shape index (κ2) is 6.38. The second-order valence-corrected chi connectivity index (χ2v) is 7.80. The third-order valence-corrected chi connectivity index (χ3v) is 4.29. The molecule has 0 spiro atoms. The van der Waals surface area contributed by atoms with Crippen molar-refractivity contribution >= 4 is 5.91 Å². The van der Waals surface area contributed by atoms with Crippen molar-refractivity contribution in [1.29, 1.82) is 0 Å². The molecule has 1 amide bonds. The highest BCUT2D eigenvalue weighted by Gasteiger charge is 2.35. The normalized spacial score (nSPS) is 18.2. The fourth-order valence-corrected chi connectivity index (χ4v) is 3.07. The van der Waals surface area contributed by atoms with Crippen LogP contribution in [-0.4, -0.2) is 27.5 Å². The summed E-state index contributed by atoms with van der Waals surface area (Å²) in [6.07, 6.45) is 2.39. The molecule has 0 bridgehead atoms. The predicted octanol–water partition coefficient (Wildman–Crippen LogP) is 4.14. The standard InChI is InChI=1S/C19H25N3O2/c1-13-7-9-14(10-8-13)17-20-18(24-21-17)15-6-5-11-22(15)16(23)12-19(2,3)4/h7-10,15H,5-6,11-12H2,1-4H3/t15-/m1/s1. The zero-order valence-electron chi connectivity index (χ0n) is 14.9. The maximum atomic E-state index is 12.6. The number of aryl methyl sites for hydroxylation is 1. The molecule has 2 heterocycles. The van der Waals surface area contributed by atoms with Crippen LogP contribution in [0.15, 0.2) is 28.8 Å². The van der Waals surface area contributed by atoms with Gasteiger partial charge in [-0.3, -0.25) is 4.79 Å². The van der Waals surface area contributed by atoms with Crippen LogP contribution in [0.3, 0.4) is 0 Å². The number of aromatic nitrogens is 2. The first-order valence-corrected chi connectivity index (χ1v) is 8.54. The summed E-state index contributed by atoms with van der Waals surface area (Å²) in [6.45, 7) is 9.05. The molecular weight excluding hydrogens is 302 g/mol. The van der Waals surface area contributed by atoms with Gasteiger partial charge in [-0.15, -0.1) is 0 Å². The molecule has 3 rings (SSSR count). The topological polar surface area (TPSA) is 59.2 Å². The Morgan fingerprint density at radius 3 is 2.67 bits per heavy atom. The van der Waals surface area contributed by atoms with Gasteiger partial charge in [0.1, 0.15) is 6.04 Å². The van der Waals surface area contributed by atoms with Crippen LogP contribution in [0.2, 0.25) is 0 Å². The van der Waals surface area contributed by atoms with Crippen LogP contribution in [0.25, 0.3) is 11.4 Å². The van der Waals surface area contributed by atoms with E-state index in [9.17, 15) is 4.79 Å². The van der Waals surface area contributed by atoms with E-state index in [-0.39, 0.29) is 17.4 Å². The lowest BCUT2D eigenvalue weighted by Crippen LogP contribution is -2.33. The van der Waals surface area contributed by atoms with E-state index in [0.29, 0.717) is 18.1 Å². The summed E-state index contributed by atoms with van der Waals surface area (Å²) in [5.74, 6) is 1.30. The van der Waals surface area contributed by atoms with Gasteiger partial charge >= 0.3 is 0 Å². The van der Waals surface area contributed by atoms with Gasteiger partial charge in [0.25, 0.3) is 0 Å². The summed E-state index contributed by atoms with van der Waals surface area (Å²) in [4.78, 5) is 19.0. The monoisotopic (exact) mass is 327 g/mol. The van der Waals surface area contributed by atoms with Crippen LogP contribution in [0, 0.1) is 12.3 Å². The third kappa shape index (κ3) is 3.66. The minimum Gasteiger partial charge on any atom is -0.337 e. The molecule has 2 aromatic rings. The Hall–Kier alpha value is -2.17. The number of carbonyl (C=O) groups is 1. The van der Waals surface area contributed by atoms with E-state index in [2.05, 4.69) is 30.9 Å². The van der Waals surface area contributed by atoms with Crippen molar-refractivity contribution in [3.05, 3.63) is 35.7 Å². The number of rotatable bonds is 3. The number of nitrogens with zero attached hydrogens (tertiary/aromatic N) is 3. The average molecular weight is 327 g/mol. The number of benzene rings is 1. The molecule has 24 heavy (non-hydrogen) atoms. The minimum absolute atomic E-state index is 0.0217. The van der Waals surface area contributed by atoms with Gasteiger partial charge in [0.2, 0.25) is 17.6 Å². The smallest absolute Gasteiger partial charge is 0.249 e. The third-order valence-electron chi connectivity index (χ3n) is 4.29. The zero-order valence-corrected chi connectivity index (χ0v) is 14.9. The van der Waals surface area contributed by atoms with Crippen LogP contribution in [0.1, 0.15) is 57.5 Å².